The summed E-state index contributed by atoms with van der Waals surface area (Å²) in [6.07, 6.45) is 4.49. The number of fused-ring (bicyclic) bond motifs is 1. The van der Waals surface area contributed by atoms with Gasteiger partial charge in [0.05, 0.1) is 23.1 Å². The number of hydrogen-bond donors (Lipinski definition) is 0. The number of rotatable bonds is 14. The summed E-state index contributed by atoms with van der Waals surface area (Å²) in [6.45, 7) is 17.8. The molecule has 4 rings (SSSR count). The van der Waals surface area contributed by atoms with Gasteiger partial charge in [-0.15, -0.1) is 0 Å². The first-order valence-electron chi connectivity index (χ1n) is 14.2. The van der Waals surface area contributed by atoms with Gasteiger partial charge in [-0.05, 0) is 25.1 Å². The molecule has 4 aromatic rings. The Morgan fingerprint density at radius 1 is 0.854 bits per heavy atom. The van der Waals surface area contributed by atoms with Crippen LogP contribution < -0.4 is 4.90 Å². The van der Waals surface area contributed by atoms with Crippen LogP contribution in [0.4, 0.5) is 5.82 Å². The van der Waals surface area contributed by atoms with Gasteiger partial charge >= 0.3 is 0 Å². The number of aryl methyl sites for hydroxylation is 1. The fraction of sp³-hybridized carbons (Fsp3) is 0.419. The van der Waals surface area contributed by atoms with Crippen LogP contribution in [0.2, 0.25) is 51.4 Å². The predicted molar refractivity (Wildman–Crippen MR) is 172 cm³/mol. The highest BCUT2D eigenvalue weighted by molar-refractivity contribution is 6.76. The van der Waals surface area contributed by atoms with Crippen LogP contribution in [0.15, 0.2) is 54.9 Å². The summed E-state index contributed by atoms with van der Waals surface area (Å²) in [7, 11) is -2.50. The van der Waals surface area contributed by atoms with Crippen molar-refractivity contribution < 1.29 is 14.3 Å². The number of nitrogens with zero attached hydrogens (tertiary/aromatic N) is 5. The fourth-order valence-electron chi connectivity index (χ4n) is 4.34. The molecular formula is C31H43N5O3Si2. The summed E-state index contributed by atoms with van der Waals surface area (Å²) in [6, 6.07) is 16.2. The molecule has 0 N–H and O–H groups in total. The van der Waals surface area contributed by atoms with Crippen molar-refractivity contribution in [3.8, 4) is 22.4 Å². The topological polar surface area (TPSA) is 81.8 Å². The third kappa shape index (κ3) is 8.19. The van der Waals surface area contributed by atoms with Crippen LogP contribution in [0, 0.1) is 6.92 Å². The molecule has 1 aromatic carbocycles. The lowest BCUT2D eigenvalue weighted by Gasteiger charge is -2.27. The molecule has 0 aliphatic carbocycles. The quantitative estimate of drug-likeness (QED) is 0.0677. The van der Waals surface area contributed by atoms with Crippen LogP contribution in [-0.2, 0) is 9.47 Å². The van der Waals surface area contributed by atoms with E-state index in [1.807, 2.05) is 60.5 Å². The van der Waals surface area contributed by atoms with Crippen molar-refractivity contribution in [1.29, 1.82) is 0 Å². The molecule has 218 valence electrons. The standard InChI is InChI=1S/C31H43N5O3Si2/c1-24-28(21-37)31(35(22-38-15-17-40(2,3)4)23-39-16-18-41(5,6)7)36-30(34-24)27(20-33-36)26-13-14-29(32-19-26)25-11-9-8-10-12-25/h8-14,19-21H,15-18,22-23H2,1-7H3. The molecule has 0 saturated carbocycles. The highest BCUT2D eigenvalue weighted by Crippen LogP contribution is 2.30. The molecule has 0 aliphatic heterocycles. The van der Waals surface area contributed by atoms with E-state index in [0.717, 1.165) is 40.8 Å². The minimum Gasteiger partial charge on any atom is -0.361 e. The molecule has 8 nitrogen and oxygen atoms in total. The van der Waals surface area contributed by atoms with Gasteiger partial charge in [0.25, 0.3) is 0 Å². The first-order valence-corrected chi connectivity index (χ1v) is 21.6. The Hall–Kier alpha value is -3.19. The molecule has 0 amide bonds. The molecule has 41 heavy (non-hydrogen) atoms. The number of carbonyl (C=O) groups is 1. The third-order valence-corrected chi connectivity index (χ3v) is 10.3. The molecule has 3 heterocycles. The molecule has 0 fully saturated rings. The van der Waals surface area contributed by atoms with Gasteiger partial charge in [0.2, 0.25) is 0 Å². The van der Waals surface area contributed by atoms with Gasteiger partial charge in [0.15, 0.2) is 11.9 Å². The Kier molecular flexibility index (Phi) is 9.90. The van der Waals surface area contributed by atoms with E-state index in [-0.39, 0.29) is 0 Å². The summed E-state index contributed by atoms with van der Waals surface area (Å²) in [5, 5.41) is 4.71. The fourth-order valence-corrected chi connectivity index (χ4v) is 5.86. The maximum absolute atomic E-state index is 12.4. The number of hydrogen-bond acceptors (Lipinski definition) is 7. The molecule has 0 aliphatic rings. The second-order valence-electron chi connectivity index (χ2n) is 12.9. The van der Waals surface area contributed by atoms with Crippen molar-refractivity contribution in [1.82, 2.24) is 19.6 Å². The zero-order valence-corrected chi connectivity index (χ0v) is 27.5. The maximum Gasteiger partial charge on any atom is 0.165 e. The lowest BCUT2D eigenvalue weighted by Crippen LogP contribution is -2.34. The van der Waals surface area contributed by atoms with Gasteiger partial charge in [-0.1, -0.05) is 75.7 Å². The van der Waals surface area contributed by atoms with Crippen LogP contribution in [-0.4, -0.2) is 68.7 Å². The minimum absolute atomic E-state index is 0.291. The zero-order valence-electron chi connectivity index (χ0n) is 25.5. The Labute approximate surface area is 245 Å². The predicted octanol–water partition coefficient (Wildman–Crippen LogP) is 7.01. The van der Waals surface area contributed by atoms with Crippen molar-refractivity contribution in [2.75, 3.05) is 31.6 Å². The summed E-state index contributed by atoms with van der Waals surface area (Å²) in [5.41, 5.74) is 5.48. The summed E-state index contributed by atoms with van der Waals surface area (Å²) >= 11 is 0. The Balaban J connectivity index is 1.68. The van der Waals surface area contributed by atoms with Gasteiger partial charge in [-0.3, -0.25) is 9.78 Å². The summed E-state index contributed by atoms with van der Waals surface area (Å²) in [5.74, 6) is 0.628. The number of ether oxygens (including phenoxy) is 2. The molecule has 0 atom stereocenters. The number of aldehydes is 1. The van der Waals surface area contributed by atoms with Crippen LogP contribution in [0.3, 0.4) is 0 Å². The van der Waals surface area contributed by atoms with Gasteiger partial charge < -0.3 is 14.4 Å². The highest BCUT2D eigenvalue weighted by atomic mass is 28.3. The van der Waals surface area contributed by atoms with Gasteiger partial charge in [-0.2, -0.15) is 9.61 Å². The van der Waals surface area contributed by atoms with Crippen LogP contribution in [0.5, 0.6) is 0 Å². The largest absolute Gasteiger partial charge is 0.361 e. The number of aromatic nitrogens is 4. The number of carbonyl (C=O) groups excluding carboxylic acids is 1. The average Bonchev–Trinajstić information content (AvgIpc) is 3.34. The van der Waals surface area contributed by atoms with Crippen LogP contribution in [0.1, 0.15) is 16.1 Å². The maximum atomic E-state index is 12.4. The molecule has 0 spiro atoms. The lowest BCUT2D eigenvalue weighted by atomic mass is 10.1. The normalized spacial score (nSPS) is 12.2. The van der Waals surface area contributed by atoms with E-state index >= 15 is 0 Å². The monoisotopic (exact) mass is 589 g/mol. The second kappa shape index (κ2) is 13.2. The van der Waals surface area contributed by atoms with Crippen molar-refractivity contribution >= 4 is 33.9 Å². The SMILES string of the molecule is Cc1nc2c(-c3ccc(-c4ccccc4)nc3)cnn2c(N(COCC[Si](C)(C)C)COCC[Si](C)(C)C)c1C=O. The molecule has 0 radical (unpaired) electrons. The summed E-state index contributed by atoms with van der Waals surface area (Å²) in [4.78, 5) is 23.9. The van der Waals surface area contributed by atoms with Crippen molar-refractivity contribution in [3.63, 3.8) is 0 Å². The zero-order chi connectivity index (χ0) is 29.6. The average molecular weight is 590 g/mol. The molecule has 0 saturated heterocycles. The Bertz CT molecular complexity index is 1420. The van der Waals surface area contributed by atoms with E-state index in [4.69, 9.17) is 24.5 Å². The van der Waals surface area contributed by atoms with Crippen LogP contribution in [0.25, 0.3) is 28.0 Å². The van der Waals surface area contributed by atoms with E-state index in [9.17, 15) is 4.79 Å². The van der Waals surface area contributed by atoms with Crippen molar-refractivity contribution in [2.24, 2.45) is 0 Å². The molecular weight excluding hydrogens is 547 g/mol. The van der Waals surface area contributed by atoms with Crippen molar-refractivity contribution in [2.45, 2.75) is 58.3 Å². The van der Waals surface area contributed by atoms with Gasteiger partial charge in [0.1, 0.15) is 19.3 Å². The Morgan fingerprint density at radius 2 is 1.49 bits per heavy atom. The Morgan fingerprint density at radius 3 is 2.02 bits per heavy atom. The minimum atomic E-state index is -1.25. The van der Waals surface area contributed by atoms with Gasteiger partial charge in [-0.25, -0.2) is 4.98 Å². The third-order valence-electron chi connectivity index (χ3n) is 6.90. The van der Waals surface area contributed by atoms with Crippen molar-refractivity contribution in [3.05, 3.63) is 66.1 Å². The molecule has 3 aromatic heterocycles. The first-order chi connectivity index (χ1) is 19.5. The van der Waals surface area contributed by atoms with E-state index in [2.05, 4.69) is 39.3 Å². The summed E-state index contributed by atoms with van der Waals surface area (Å²) < 4.78 is 14.1. The van der Waals surface area contributed by atoms with Gasteiger partial charge in [0, 0.05) is 52.2 Å². The highest BCUT2D eigenvalue weighted by Gasteiger charge is 2.23. The number of benzene rings is 1. The lowest BCUT2D eigenvalue weighted by molar-refractivity contribution is 0.0938. The first kappa shape index (κ1) is 30.8. The number of pyridine rings is 1. The van der Waals surface area contributed by atoms with E-state index in [1.165, 1.54) is 0 Å². The van der Waals surface area contributed by atoms with E-state index in [1.54, 1.807) is 10.7 Å². The second-order valence-corrected chi connectivity index (χ2v) is 24.1. The molecule has 10 heteroatoms. The molecule has 0 bridgehead atoms. The van der Waals surface area contributed by atoms with E-state index in [0.29, 0.717) is 49.4 Å². The number of anilines is 1. The van der Waals surface area contributed by atoms with Crippen LogP contribution >= 0.6 is 0 Å². The smallest absolute Gasteiger partial charge is 0.165 e. The molecule has 0 unspecified atom stereocenters. The van der Waals surface area contributed by atoms with E-state index < -0.39 is 16.1 Å².